The van der Waals surface area contributed by atoms with Crippen molar-refractivity contribution in [3.05, 3.63) is 54.0 Å². The van der Waals surface area contributed by atoms with Crippen LogP contribution in [-0.2, 0) is 6.54 Å². The number of ether oxygens (including phenoxy) is 2. The van der Waals surface area contributed by atoms with Gasteiger partial charge < -0.3 is 14.8 Å². The maximum atomic E-state index is 12.3. The molecule has 0 bridgehead atoms. The summed E-state index contributed by atoms with van der Waals surface area (Å²) in [7, 11) is 1.32. The van der Waals surface area contributed by atoms with Crippen LogP contribution in [0.5, 0.6) is 11.5 Å². The predicted octanol–water partition coefficient (Wildman–Crippen LogP) is 2.57. The number of aromatic nitrogens is 3. The molecule has 0 aliphatic rings. The second kappa shape index (κ2) is 6.90. The van der Waals surface area contributed by atoms with E-state index in [9.17, 15) is 18.0 Å². The third-order valence-electron chi connectivity index (χ3n) is 3.49. The normalized spacial score (nSPS) is 11.4. The Morgan fingerprint density at radius 3 is 2.81 bits per heavy atom. The summed E-state index contributed by atoms with van der Waals surface area (Å²) in [6, 6.07) is 6.82. The standard InChI is InChI=1S/C16H13F3N4O3/c1-25-13-7-12(26-16(17,18)19)3-2-11(13)8-20-15(24)10-4-5-23-9-21-22-14(23)6-10/h2-7,9H,8H2,1H3,(H,20,24). The Morgan fingerprint density at radius 1 is 1.27 bits per heavy atom. The van der Waals surface area contributed by atoms with Crippen LogP contribution in [-0.4, -0.2) is 34.0 Å². The molecule has 0 saturated heterocycles. The number of hydrogen-bond donors (Lipinski definition) is 1. The van der Waals surface area contributed by atoms with E-state index in [1.54, 1.807) is 22.7 Å². The molecule has 2 heterocycles. The van der Waals surface area contributed by atoms with Crippen molar-refractivity contribution in [2.75, 3.05) is 7.11 Å². The molecule has 3 rings (SSSR count). The van der Waals surface area contributed by atoms with Crippen molar-refractivity contribution in [3.8, 4) is 11.5 Å². The molecule has 7 nitrogen and oxygen atoms in total. The van der Waals surface area contributed by atoms with Crippen molar-refractivity contribution in [1.82, 2.24) is 19.9 Å². The van der Waals surface area contributed by atoms with E-state index in [2.05, 4.69) is 20.3 Å². The van der Waals surface area contributed by atoms with E-state index in [4.69, 9.17) is 4.74 Å². The maximum Gasteiger partial charge on any atom is 0.573 e. The van der Waals surface area contributed by atoms with Crippen molar-refractivity contribution in [2.45, 2.75) is 12.9 Å². The Bertz CT molecular complexity index is 940. The zero-order valence-electron chi connectivity index (χ0n) is 13.4. The number of amides is 1. The molecule has 0 radical (unpaired) electrons. The molecule has 0 atom stereocenters. The van der Waals surface area contributed by atoms with Gasteiger partial charge in [-0.1, -0.05) is 0 Å². The van der Waals surface area contributed by atoms with Crippen molar-refractivity contribution in [1.29, 1.82) is 0 Å². The number of rotatable bonds is 5. The van der Waals surface area contributed by atoms with Gasteiger partial charge in [0.2, 0.25) is 0 Å². The van der Waals surface area contributed by atoms with Crippen LogP contribution in [0.25, 0.3) is 5.65 Å². The molecular formula is C16H13F3N4O3. The molecule has 10 heteroatoms. The van der Waals surface area contributed by atoms with Crippen LogP contribution in [0.15, 0.2) is 42.9 Å². The number of carbonyl (C=O) groups excluding carboxylic acids is 1. The van der Waals surface area contributed by atoms with E-state index in [1.807, 2.05) is 0 Å². The third kappa shape index (κ3) is 4.02. The Balaban J connectivity index is 1.70. The number of alkyl halides is 3. The number of nitrogens with zero attached hydrogens (tertiary/aromatic N) is 3. The molecule has 0 aliphatic heterocycles. The lowest BCUT2D eigenvalue weighted by Crippen LogP contribution is -2.23. The lowest BCUT2D eigenvalue weighted by atomic mass is 10.1. The quantitative estimate of drug-likeness (QED) is 0.751. The molecule has 1 aromatic carbocycles. The number of hydrogen-bond acceptors (Lipinski definition) is 5. The highest BCUT2D eigenvalue weighted by molar-refractivity contribution is 5.94. The number of methoxy groups -OCH3 is 1. The first kappa shape index (κ1) is 17.5. The summed E-state index contributed by atoms with van der Waals surface area (Å²) in [4.78, 5) is 12.3. The average molecular weight is 366 g/mol. The van der Waals surface area contributed by atoms with Crippen LogP contribution in [0, 0.1) is 0 Å². The Hall–Kier alpha value is -3.30. The van der Waals surface area contributed by atoms with Gasteiger partial charge >= 0.3 is 6.36 Å². The van der Waals surface area contributed by atoms with E-state index in [-0.39, 0.29) is 18.2 Å². The summed E-state index contributed by atoms with van der Waals surface area (Å²) in [6.07, 6.45) is -1.64. The topological polar surface area (TPSA) is 77.8 Å². The van der Waals surface area contributed by atoms with E-state index in [1.165, 1.54) is 19.5 Å². The van der Waals surface area contributed by atoms with E-state index < -0.39 is 12.1 Å². The van der Waals surface area contributed by atoms with Crippen molar-refractivity contribution in [3.63, 3.8) is 0 Å². The Labute approximate surface area is 145 Å². The van der Waals surface area contributed by atoms with E-state index >= 15 is 0 Å². The first-order valence-electron chi connectivity index (χ1n) is 7.36. The fourth-order valence-corrected chi connectivity index (χ4v) is 2.30. The first-order chi connectivity index (χ1) is 12.4. The Morgan fingerprint density at radius 2 is 2.08 bits per heavy atom. The van der Waals surface area contributed by atoms with Gasteiger partial charge in [-0.15, -0.1) is 23.4 Å². The van der Waals surface area contributed by atoms with Gasteiger partial charge in [-0.25, -0.2) is 0 Å². The molecule has 26 heavy (non-hydrogen) atoms. The monoisotopic (exact) mass is 366 g/mol. The molecule has 0 saturated carbocycles. The highest BCUT2D eigenvalue weighted by Crippen LogP contribution is 2.29. The summed E-state index contributed by atoms with van der Waals surface area (Å²) in [5, 5.41) is 10.3. The molecule has 3 aromatic rings. The zero-order valence-corrected chi connectivity index (χ0v) is 13.4. The van der Waals surface area contributed by atoms with Gasteiger partial charge in [-0.2, -0.15) is 0 Å². The fraction of sp³-hybridized carbons (Fsp3) is 0.188. The number of carbonyl (C=O) groups is 1. The summed E-state index contributed by atoms with van der Waals surface area (Å²) < 4.78 is 47.4. The summed E-state index contributed by atoms with van der Waals surface area (Å²) in [6.45, 7) is 0.0617. The Kier molecular flexibility index (Phi) is 4.65. The summed E-state index contributed by atoms with van der Waals surface area (Å²) in [5.74, 6) is -0.602. The van der Waals surface area contributed by atoms with E-state index in [0.29, 0.717) is 16.8 Å². The van der Waals surface area contributed by atoms with Gasteiger partial charge in [0.1, 0.15) is 17.8 Å². The molecule has 0 fully saturated rings. The lowest BCUT2D eigenvalue weighted by molar-refractivity contribution is -0.274. The van der Waals surface area contributed by atoms with Crippen LogP contribution < -0.4 is 14.8 Å². The van der Waals surface area contributed by atoms with Crippen LogP contribution in [0.2, 0.25) is 0 Å². The zero-order chi connectivity index (χ0) is 18.7. The highest BCUT2D eigenvalue weighted by atomic mass is 19.4. The van der Waals surface area contributed by atoms with Crippen LogP contribution >= 0.6 is 0 Å². The second-order valence-electron chi connectivity index (χ2n) is 5.22. The predicted molar refractivity (Wildman–Crippen MR) is 83.8 cm³/mol. The SMILES string of the molecule is COc1cc(OC(F)(F)F)ccc1CNC(=O)c1ccn2cnnc2c1. The number of pyridine rings is 1. The minimum absolute atomic E-state index is 0.0617. The number of fused-ring (bicyclic) bond motifs is 1. The molecule has 1 amide bonds. The molecular weight excluding hydrogens is 353 g/mol. The second-order valence-corrected chi connectivity index (χ2v) is 5.22. The number of benzene rings is 1. The largest absolute Gasteiger partial charge is 0.573 e. The molecule has 2 aromatic heterocycles. The van der Waals surface area contributed by atoms with Crippen molar-refractivity contribution < 1.29 is 27.4 Å². The van der Waals surface area contributed by atoms with Gasteiger partial charge in [0.25, 0.3) is 5.91 Å². The van der Waals surface area contributed by atoms with Crippen LogP contribution in [0.3, 0.4) is 0 Å². The third-order valence-corrected chi connectivity index (χ3v) is 3.49. The van der Waals surface area contributed by atoms with Gasteiger partial charge in [0, 0.05) is 29.9 Å². The minimum atomic E-state index is -4.79. The van der Waals surface area contributed by atoms with Crippen LogP contribution in [0.4, 0.5) is 13.2 Å². The van der Waals surface area contributed by atoms with Gasteiger partial charge in [0.05, 0.1) is 7.11 Å². The average Bonchev–Trinajstić information content (AvgIpc) is 3.06. The minimum Gasteiger partial charge on any atom is -0.496 e. The van der Waals surface area contributed by atoms with Crippen molar-refractivity contribution >= 4 is 11.6 Å². The number of halogens is 3. The molecule has 136 valence electrons. The van der Waals surface area contributed by atoms with Gasteiger partial charge in [-0.3, -0.25) is 9.20 Å². The molecule has 0 unspecified atom stereocenters. The first-order valence-corrected chi connectivity index (χ1v) is 7.36. The lowest BCUT2D eigenvalue weighted by Gasteiger charge is -2.13. The van der Waals surface area contributed by atoms with Gasteiger partial charge in [-0.05, 0) is 24.3 Å². The summed E-state index contributed by atoms with van der Waals surface area (Å²) >= 11 is 0. The van der Waals surface area contributed by atoms with Crippen molar-refractivity contribution in [2.24, 2.45) is 0 Å². The maximum absolute atomic E-state index is 12.3. The number of nitrogens with one attached hydrogen (secondary N) is 1. The fourth-order valence-electron chi connectivity index (χ4n) is 2.30. The molecule has 1 N–H and O–H groups in total. The summed E-state index contributed by atoms with van der Waals surface area (Å²) in [5.41, 5.74) is 1.39. The smallest absolute Gasteiger partial charge is 0.496 e. The highest BCUT2D eigenvalue weighted by Gasteiger charge is 2.31. The molecule has 0 spiro atoms. The van der Waals surface area contributed by atoms with Crippen LogP contribution in [0.1, 0.15) is 15.9 Å². The van der Waals surface area contributed by atoms with Gasteiger partial charge in [0.15, 0.2) is 5.65 Å². The molecule has 0 aliphatic carbocycles. The van der Waals surface area contributed by atoms with E-state index in [0.717, 1.165) is 12.1 Å².